The first-order chi connectivity index (χ1) is 9.66. The molecule has 0 saturated heterocycles. The molecule has 5 heteroatoms. The van der Waals surface area contributed by atoms with Crippen LogP contribution in [0.3, 0.4) is 0 Å². The van der Waals surface area contributed by atoms with Crippen molar-refractivity contribution in [2.45, 2.75) is 13.0 Å². The summed E-state index contributed by atoms with van der Waals surface area (Å²) in [6, 6.07) is 13.4. The fraction of sp³-hybridized carbons (Fsp3) is 0.133. The topological polar surface area (TPSA) is 21.6 Å². The smallest absolute Gasteiger partial charge is 0.263 e. The molecule has 0 bridgehead atoms. The number of halogens is 3. The molecule has 0 fully saturated rings. The third kappa shape index (κ3) is 4.13. The molecule has 0 N–H and O–H groups in total. The zero-order valence-corrected chi connectivity index (χ0v) is 12.0. The van der Waals surface area contributed by atoms with Crippen LogP contribution in [0.1, 0.15) is 23.1 Å². The summed E-state index contributed by atoms with van der Waals surface area (Å²) in [7, 11) is 0. The lowest BCUT2D eigenvalue weighted by Gasteiger charge is -2.02. The number of benzene rings is 2. The first-order valence-corrected chi connectivity index (χ1v) is 6.65. The number of nitrogens with zero attached hydrogens (tertiary/aromatic N) is 1. The van der Waals surface area contributed by atoms with E-state index < -0.39 is 6.43 Å². The van der Waals surface area contributed by atoms with Gasteiger partial charge in [0, 0.05) is 15.6 Å². The van der Waals surface area contributed by atoms with Crippen molar-refractivity contribution in [1.29, 1.82) is 0 Å². The molecular weight excluding hydrogens is 328 g/mol. The normalized spacial score (nSPS) is 11.2. The Hall–Kier alpha value is -1.75. The molecule has 2 nitrogen and oxygen atoms in total. The lowest BCUT2D eigenvalue weighted by atomic mass is 10.1. The second kappa shape index (κ2) is 7.14. The molecule has 0 aliphatic carbocycles. The summed E-state index contributed by atoms with van der Waals surface area (Å²) in [5.41, 5.74) is 1.55. The van der Waals surface area contributed by atoms with Gasteiger partial charge in [0.2, 0.25) is 0 Å². The van der Waals surface area contributed by atoms with Crippen LogP contribution >= 0.6 is 15.9 Å². The summed E-state index contributed by atoms with van der Waals surface area (Å²) in [5.74, 6) is 0. The van der Waals surface area contributed by atoms with Crippen LogP contribution in [-0.2, 0) is 11.4 Å². The van der Waals surface area contributed by atoms with Gasteiger partial charge in [-0.3, -0.25) is 0 Å². The van der Waals surface area contributed by atoms with E-state index in [2.05, 4.69) is 27.3 Å². The second-order valence-corrected chi connectivity index (χ2v) is 4.85. The maximum absolute atomic E-state index is 12.4. The summed E-state index contributed by atoms with van der Waals surface area (Å²) in [6.45, 7) is 0.209. The Morgan fingerprint density at radius 3 is 2.45 bits per heavy atom. The van der Waals surface area contributed by atoms with Crippen molar-refractivity contribution in [3.63, 3.8) is 0 Å². The molecule has 103 valence electrons. The third-order valence-corrected chi connectivity index (χ3v) is 3.26. The molecule has 20 heavy (non-hydrogen) atoms. The van der Waals surface area contributed by atoms with E-state index in [0.29, 0.717) is 0 Å². The van der Waals surface area contributed by atoms with Gasteiger partial charge in [0.05, 0.1) is 0 Å². The number of rotatable bonds is 5. The van der Waals surface area contributed by atoms with Crippen molar-refractivity contribution < 1.29 is 13.6 Å². The molecule has 2 aromatic carbocycles. The molecule has 2 rings (SSSR count). The maximum atomic E-state index is 12.4. The van der Waals surface area contributed by atoms with Gasteiger partial charge in [0.25, 0.3) is 6.43 Å². The van der Waals surface area contributed by atoms with Crippen LogP contribution in [0.25, 0.3) is 0 Å². The average molecular weight is 339 g/mol. The number of alkyl halides is 2. The van der Waals surface area contributed by atoms with Gasteiger partial charge in [-0.15, -0.1) is 0 Å². The van der Waals surface area contributed by atoms with E-state index in [4.69, 9.17) is 4.84 Å². The van der Waals surface area contributed by atoms with Crippen molar-refractivity contribution in [1.82, 2.24) is 0 Å². The fourth-order valence-electron chi connectivity index (χ4n) is 1.50. The highest BCUT2D eigenvalue weighted by Gasteiger charge is 2.05. The average Bonchev–Trinajstić information content (AvgIpc) is 2.46. The van der Waals surface area contributed by atoms with E-state index in [1.807, 2.05) is 24.3 Å². The Morgan fingerprint density at radius 2 is 1.80 bits per heavy atom. The van der Waals surface area contributed by atoms with Crippen molar-refractivity contribution >= 4 is 22.1 Å². The van der Waals surface area contributed by atoms with E-state index in [0.717, 1.165) is 15.6 Å². The highest BCUT2D eigenvalue weighted by Crippen LogP contribution is 2.19. The molecule has 0 unspecified atom stereocenters. The minimum Gasteiger partial charge on any atom is -0.390 e. The Kier molecular flexibility index (Phi) is 5.24. The minimum atomic E-state index is -2.45. The summed E-state index contributed by atoms with van der Waals surface area (Å²) in [5, 5.41) is 3.73. The third-order valence-electron chi connectivity index (χ3n) is 2.57. The highest BCUT2D eigenvalue weighted by atomic mass is 79.9. The molecule has 0 amide bonds. The Bertz CT molecular complexity index is 585. The highest BCUT2D eigenvalue weighted by molar-refractivity contribution is 9.10. The molecule has 0 atom stereocenters. The van der Waals surface area contributed by atoms with Gasteiger partial charge in [-0.1, -0.05) is 63.6 Å². The first-order valence-electron chi connectivity index (χ1n) is 5.86. The van der Waals surface area contributed by atoms with Crippen LogP contribution in [0.5, 0.6) is 0 Å². The lowest BCUT2D eigenvalue weighted by molar-refractivity contribution is 0.131. The summed E-state index contributed by atoms with van der Waals surface area (Å²) in [4.78, 5) is 5.08. The molecule has 0 aliphatic heterocycles. The van der Waals surface area contributed by atoms with Gasteiger partial charge in [0.15, 0.2) is 0 Å². The molecule has 2 aromatic rings. The predicted octanol–water partition coefficient (Wildman–Crippen LogP) is 4.81. The standard InChI is InChI=1S/C15H11BrF2NO/c16-14-4-2-1-3-13(14)9-19-20-10-11-5-7-12(8-6-11)15(17)18/h1-8,15H,10H2. The van der Waals surface area contributed by atoms with Gasteiger partial charge in [0.1, 0.15) is 12.8 Å². The molecule has 1 radical (unpaired) electrons. The second-order valence-electron chi connectivity index (χ2n) is 4.00. The quantitative estimate of drug-likeness (QED) is 0.566. The molecular formula is C15H11BrF2NO. The van der Waals surface area contributed by atoms with E-state index in [9.17, 15) is 8.78 Å². The monoisotopic (exact) mass is 338 g/mol. The Morgan fingerprint density at radius 1 is 1.10 bits per heavy atom. The van der Waals surface area contributed by atoms with Crippen molar-refractivity contribution in [3.05, 3.63) is 69.7 Å². The number of hydrogen-bond acceptors (Lipinski definition) is 2. The van der Waals surface area contributed by atoms with Crippen molar-refractivity contribution in [2.75, 3.05) is 0 Å². The fourth-order valence-corrected chi connectivity index (χ4v) is 1.87. The largest absolute Gasteiger partial charge is 0.390 e. The summed E-state index contributed by atoms with van der Waals surface area (Å²) in [6.07, 6.45) is 0.297. The lowest BCUT2D eigenvalue weighted by Crippen LogP contribution is -1.90. The Balaban J connectivity index is 1.88. The van der Waals surface area contributed by atoms with Gasteiger partial charge < -0.3 is 4.84 Å². The predicted molar refractivity (Wildman–Crippen MR) is 76.9 cm³/mol. The first kappa shape index (κ1) is 14.7. The zero-order chi connectivity index (χ0) is 14.4. The van der Waals surface area contributed by atoms with E-state index >= 15 is 0 Å². The molecule has 0 aromatic heterocycles. The van der Waals surface area contributed by atoms with Gasteiger partial charge >= 0.3 is 0 Å². The number of hydrogen-bond donors (Lipinski definition) is 0. The van der Waals surface area contributed by atoms with E-state index in [1.54, 1.807) is 12.1 Å². The molecule has 0 heterocycles. The van der Waals surface area contributed by atoms with Crippen molar-refractivity contribution in [3.8, 4) is 0 Å². The van der Waals surface area contributed by atoms with Gasteiger partial charge in [-0.05, 0) is 11.6 Å². The van der Waals surface area contributed by atoms with Crippen LogP contribution in [0.2, 0.25) is 0 Å². The van der Waals surface area contributed by atoms with Crippen LogP contribution in [-0.4, -0.2) is 6.21 Å². The van der Waals surface area contributed by atoms with Crippen LogP contribution in [0.4, 0.5) is 8.78 Å². The molecule has 0 saturated carbocycles. The minimum absolute atomic E-state index is 0.00275. The van der Waals surface area contributed by atoms with Crippen LogP contribution in [0, 0.1) is 0 Å². The molecule has 0 spiro atoms. The van der Waals surface area contributed by atoms with Crippen LogP contribution < -0.4 is 0 Å². The SMILES string of the molecule is FC(F)c1ccc(CO/N=[C]\c2ccccc2Br)cc1. The molecule has 0 aliphatic rings. The van der Waals surface area contributed by atoms with Gasteiger partial charge in [-0.2, -0.15) is 0 Å². The van der Waals surface area contributed by atoms with E-state index in [-0.39, 0.29) is 12.2 Å². The van der Waals surface area contributed by atoms with Crippen LogP contribution in [0.15, 0.2) is 58.2 Å². The van der Waals surface area contributed by atoms with Crippen molar-refractivity contribution in [2.24, 2.45) is 5.16 Å². The maximum Gasteiger partial charge on any atom is 0.263 e. The zero-order valence-electron chi connectivity index (χ0n) is 10.4. The van der Waals surface area contributed by atoms with Gasteiger partial charge in [-0.25, -0.2) is 8.78 Å². The Labute approximate surface area is 124 Å². The summed E-state index contributed by atoms with van der Waals surface area (Å²) < 4.78 is 25.6. The summed E-state index contributed by atoms with van der Waals surface area (Å²) >= 11 is 3.37. The van der Waals surface area contributed by atoms with E-state index in [1.165, 1.54) is 12.1 Å².